The fraction of sp³-hybridized carbons (Fsp3) is 0.312. The number of nitrogens with zero attached hydrogens (tertiary/aromatic N) is 1. The van der Waals surface area contributed by atoms with E-state index in [1.54, 1.807) is 0 Å². The first kappa shape index (κ1) is 22.3. The van der Waals surface area contributed by atoms with Gasteiger partial charge in [-0.3, -0.25) is 0 Å². The predicted octanol–water partition coefficient (Wildman–Crippen LogP) is 3.42. The fourth-order valence-electron chi connectivity index (χ4n) is 1.82. The summed E-state index contributed by atoms with van der Waals surface area (Å²) in [7, 11) is -7.70. The Morgan fingerprint density at radius 1 is 1.00 bits per heavy atom. The Kier molecular flexibility index (Phi) is 7.51. The van der Waals surface area contributed by atoms with Crippen molar-refractivity contribution in [3.05, 3.63) is 66.5 Å². The first-order valence-corrected chi connectivity index (χ1v) is 12.3. The van der Waals surface area contributed by atoms with Crippen molar-refractivity contribution < 1.29 is 35.1 Å². The number of benzene rings is 1. The second-order valence-corrected chi connectivity index (χ2v) is 12.0. The topological polar surface area (TPSA) is 70.3 Å². The van der Waals surface area contributed by atoms with Crippen molar-refractivity contribution >= 4 is 18.4 Å². The molecular formula is C16H20F3NO4SSi. The average Bonchev–Trinajstić information content (AvgIpc) is 2.52. The molecule has 0 aliphatic carbocycles. The second-order valence-electron chi connectivity index (χ2n) is 6.22. The molecule has 26 heavy (non-hydrogen) atoms. The molecule has 5 nitrogen and oxygen atoms in total. The first-order valence-electron chi connectivity index (χ1n) is 7.52. The Hall–Kier alpha value is -1.75. The molecule has 0 spiro atoms. The van der Waals surface area contributed by atoms with Crippen LogP contribution in [0, 0.1) is 0 Å². The normalized spacial score (nSPS) is 13.5. The van der Waals surface area contributed by atoms with Gasteiger partial charge in [-0.15, -0.1) is 0 Å². The molecule has 0 saturated carbocycles. The highest BCUT2D eigenvalue weighted by atomic mass is 32.2. The molecule has 0 fully saturated rings. The largest absolute Gasteiger partial charge is 0.741 e. The lowest BCUT2D eigenvalue weighted by molar-refractivity contribution is -0.745. The van der Waals surface area contributed by atoms with Crippen molar-refractivity contribution in [2.75, 3.05) is 0 Å². The minimum absolute atomic E-state index is 0.0286. The molecule has 0 N–H and O–H groups in total. The van der Waals surface area contributed by atoms with Crippen molar-refractivity contribution in [1.82, 2.24) is 0 Å². The van der Waals surface area contributed by atoms with E-state index in [0.29, 0.717) is 0 Å². The SMILES string of the molecule is C[Si](C)(C)OC(c1ccccc1)[n+]1ccccc1.O=S(=O)([O-])C(F)(F)F. The zero-order chi connectivity index (χ0) is 20.0. The quantitative estimate of drug-likeness (QED) is 0.337. The number of hydrogen-bond acceptors (Lipinski definition) is 4. The molecule has 1 unspecified atom stereocenters. The van der Waals surface area contributed by atoms with Gasteiger partial charge in [0.1, 0.15) is 0 Å². The minimum Gasteiger partial charge on any atom is -0.741 e. The predicted molar refractivity (Wildman–Crippen MR) is 91.4 cm³/mol. The molecular weight excluding hydrogens is 387 g/mol. The Balaban J connectivity index is 0.000000359. The van der Waals surface area contributed by atoms with Gasteiger partial charge in [0, 0.05) is 17.7 Å². The molecule has 0 amide bonds. The fourth-order valence-corrected chi connectivity index (χ4v) is 2.75. The van der Waals surface area contributed by atoms with Crippen LogP contribution in [0.4, 0.5) is 13.2 Å². The third kappa shape index (κ3) is 7.64. The molecule has 0 bridgehead atoms. The van der Waals surface area contributed by atoms with E-state index in [2.05, 4.69) is 60.9 Å². The third-order valence-electron chi connectivity index (χ3n) is 2.84. The van der Waals surface area contributed by atoms with E-state index in [0.717, 1.165) is 0 Å². The first-order chi connectivity index (χ1) is 11.8. The van der Waals surface area contributed by atoms with E-state index in [9.17, 15) is 13.2 Å². The monoisotopic (exact) mass is 407 g/mol. The van der Waals surface area contributed by atoms with Crippen LogP contribution in [0.5, 0.6) is 0 Å². The molecule has 2 rings (SSSR count). The summed E-state index contributed by atoms with van der Waals surface area (Å²) in [4.78, 5) is 0. The summed E-state index contributed by atoms with van der Waals surface area (Å²) in [5.41, 5.74) is -4.45. The summed E-state index contributed by atoms with van der Waals surface area (Å²) in [6, 6.07) is 16.5. The number of halogens is 3. The summed E-state index contributed by atoms with van der Waals surface area (Å²) in [5, 5.41) is 0. The molecule has 0 aliphatic rings. The maximum atomic E-state index is 10.7. The molecule has 10 heteroatoms. The molecule has 1 atom stereocenters. The summed E-state index contributed by atoms with van der Waals surface area (Å²) in [6.45, 7) is 6.64. The van der Waals surface area contributed by atoms with Crippen molar-refractivity contribution in [2.24, 2.45) is 0 Å². The van der Waals surface area contributed by atoms with Gasteiger partial charge < -0.3 is 8.98 Å². The maximum absolute atomic E-state index is 10.7. The lowest BCUT2D eigenvalue weighted by Crippen LogP contribution is -2.45. The van der Waals surface area contributed by atoms with E-state index in [4.69, 9.17) is 17.4 Å². The number of pyridine rings is 1. The molecule has 2 aromatic rings. The van der Waals surface area contributed by atoms with Gasteiger partial charge in [0.2, 0.25) is 0 Å². The van der Waals surface area contributed by atoms with E-state index in [-0.39, 0.29) is 6.23 Å². The number of rotatable bonds is 4. The Bertz CT molecular complexity index is 739. The van der Waals surface area contributed by atoms with E-state index in [1.807, 2.05) is 24.3 Å². The summed E-state index contributed by atoms with van der Waals surface area (Å²) < 4.78 is 67.3. The summed E-state index contributed by atoms with van der Waals surface area (Å²) in [5.74, 6) is 0. The van der Waals surface area contributed by atoms with Gasteiger partial charge in [0.25, 0.3) is 6.23 Å². The average molecular weight is 407 g/mol. The molecule has 1 heterocycles. The molecule has 0 saturated heterocycles. The van der Waals surface area contributed by atoms with Gasteiger partial charge in [-0.25, -0.2) is 8.42 Å². The zero-order valence-corrected chi connectivity index (χ0v) is 16.3. The number of aromatic nitrogens is 1. The Labute approximate surface area is 151 Å². The van der Waals surface area contributed by atoms with Gasteiger partial charge >= 0.3 is 5.51 Å². The van der Waals surface area contributed by atoms with E-state index in [1.165, 1.54) is 5.56 Å². The molecule has 0 radical (unpaired) electrons. The highest BCUT2D eigenvalue weighted by molar-refractivity contribution is 7.86. The molecule has 1 aromatic heterocycles. The van der Waals surface area contributed by atoms with Crippen LogP contribution < -0.4 is 4.57 Å². The van der Waals surface area contributed by atoms with Crippen LogP contribution in [0.15, 0.2) is 60.9 Å². The van der Waals surface area contributed by atoms with Crippen molar-refractivity contribution in [1.29, 1.82) is 0 Å². The molecule has 0 aliphatic heterocycles. The van der Waals surface area contributed by atoms with Crippen molar-refractivity contribution in [3.8, 4) is 0 Å². The third-order valence-corrected chi connectivity index (χ3v) is 4.34. The number of hydrogen-bond donors (Lipinski definition) is 0. The standard InChI is InChI=1S/C15H20NOSi.CHF3O3S/c1-18(2,3)17-15(14-10-6-4-7-11-14)16-12-8-5-9-13-16;2-1(3,4)8(5,6)7/h4-13,15H,1-3H3;(H,5,6,7)/q+1;/p-1. The number of alkyl halides is 3. The van der Waals surface area contributed by atoms with Crippen LogP contribution in [0.2, 0.25) is 19.6 Å². The highest BCUT2D eigenvalue weighted by Gasteiger charge is 2.37. The Morgan fingerprint density at radius 3 is 1.81 bits per heavy atom. The lowest BCUT2D eigenvalue weighted by atomic mass is 10.2. The van der Waals surface area contributed by atoms with E-state index < -0.39 is 23.9 Å². The second kappa shape index (κ2) is 8.76. The van der Waals surface area contributed by atoms with Gasteiger partial charge in [-0.1, -0.05) is 24.3 Å². The van der Waals surface area contributed by atoms with Crippen LogP contribution in [0.3, 0.4) is 0 Å². The van der Waals surface area contributed by atoms with Crippen LogP contribution in [0.25, 0.3) is 0 Å². The lowest BCUT2D eigenvalue weighted by Gasteiger charge is -2.22. The van der Waals surface area contributed by atoms with Gasteiger partial charge in [-0.2, -0.15) is 17.7 Å². The maximum Gasteiger partial charge on any atom is 0.485 e. The summed E-state index contributed by atoms with van der Waals surface area (Å²) >= 11 is 0. The summed E-state index contributed by atoms with van der Waals surface area (Å²) in [6.07, 6.45) is 4.08. The zero-order valence-electron chi connectivity index (χ0n) is 14.5. The minimum atomic E-state index is -6.09. The molecule has 1 aromatic carbocycles. The van der Waals surface area contributed by atoms with Crippen LogP contribution in [-0.2, 0) is 14.5 Å². The molecule has 144 valence electrons. The van der Waals surface area contributed by atoms with Gasteiger partial charge in [0.15, 0.2) is 30.8 Å². The smallest absolute Gasteiger partial charge is 0.485 e. The van der Waals surface area contributed by atoms with Crippen molar-refractivity contribution in [2.45, 2.75) is 31.4 Å². The van der Waals surface area contributed by atoms with Gasteiger partial charge in [0.05, 0.1) is 0 Å². The highest BCUT2D eigenvalue weighted by Crippen LogP contribution is 2.20. The van der Waals surface area contributed by atoms with Gasteiger partial charge in [-0.05, 0) is 31.8 Å². The Morgan fingerprint density at radius 2 is 1.42 bits per heavy atom. The van der Waals surface area contributed by atoms with Crippen molar-refractivity contribution in [3.63, 3.8) is 0 Å². The van der Waals surface area contributed by atoms with Crippen LogP contribution >= 0.6 is 0 Å². The van der Waals surface area contributed by atoms with Crippen LogP contribution in [-0.4, -0.2) is 26.8 Å². The van der Waals surface area contributed by atoms with E-state index >= 15 is 0 Å². The van der Waals surface area contributed by atoms with Crippen LogP contribution in [0.1, 0.15) is 11.8 Å².